The Balaban J connectivity index is 1.08. The van der Waals surface area contributed by atoms with E-state index in [-0.39, 0.29) is 17.9 Å². The number of hydrogen-bond donors (Lipinski definition) is 1. The molecular weight excluding hydrogens is 412 g/mol. The van der Waals surface area contributed by atoms with Gasteiger partial charge in [0.05, 0.1) is 0 Å². The smallest absolute Gasteiger partial charge is 0.253 e. The van der Waals surface area contributed by atoms with Gasteiger partial charge in [0.1, 0.15) is 11.9 Å². The number of carbonyl (C=O) groups excluding carboxylic acids is 2. The maximum Gasteiger partial charge on any atom is 0.253 e. The molecule has 0 aromatic heterocycles. The number of amides is 2. The van der Waals surface area contributed by atoms with E-state index < -0.39 is 0 Å². The van der Waals surface area contributed by atoms with E-state index in [2.05, 4.69) is 17.5 Å². The van der Waals surface area contributed by atoms with Crippen molar-refractivity contribution >= 4 is 11.8 Å². The standard InChI is InChI=1S/C28H32N2O3/c31-27(29-14-11-23-18-20-9-10-22(23)17-20)24-7-4-8-26(19-24)33-25-12-15-30(16-13-25)28(32)21-5-2-1-3-6-21/h1-10,19-20,22-23,25H,11-18H2,(H,29,31). The Hall–Kier alpha value is -3.08. The summed E-state index contributed by atoms with van der Waals surface area (Å²) in [7, 11) is 0. The van der Waals surface area contributed by atoms with E-state index in [1.54, 1.807) is 0 Å². The first-order valence-corrected chi connectivity index (χ1v) is 12.2. The molecule has 1 N–H and O–H groups in total. The predicted octanol–water partition coefficient (Wildman–Crippen LogP) is 4.70. The maximum absolute atomic E-state index is 12.7. The molecule has 33 heavy (non-hydrogen) atoms. The molecule has 3 aliphatic rings. The summed E-state index contributed by atoms with van der Waals surface area (Å²) in [6, 6.07) is 16.9. The lowest BCUT2D eigenvalue weighted by Crippen LogP contribution is -2.41. The first-order chi connectivity index (χ1) is 16.2. The fourth-order valence-corrected chi connectivity index (χ4v) is 5.54. The summed E-state index contributed by atoms with van der Waals surface area (Å²) in [6.07, 6.45) is 9.97. The largest absolute Gasteiger partial charge is 0.490 e. The quantitative estimate of drug-likeness (QED) is 0.630. The molecule has 3 unspecified atom stereocenters. The third-order valence-electron chi connectivity index (χ3n) is 7.37. The highest BCUT2D eigenvalue weighted by atomic mass is 16.5. The van der Waals surface area contributed by atoms with Gasteiger partial charge in [-0.15, -0.1) is 0 Å². The second kappa shape index (κ2) is 9.82. The van der Waals surface area contributed by atoms with Gasteiger partial charge in [0.15, 0.2) is 0 Å². The minimum atomic E-state index is -0.0394. The van der Waals surface area contributed by atoms with E-state index in [4.69, 9.17) is 4.74 Å². The molecule has 2 amide bonds. The van der Waals surface area contributed by atoms with E-state index >= 15 is 0 Å². The van der Waals surface area contributed by atoms with Gasteiger partial charge >= 0.3 is 0 Å². The molecule has 5 nitrogen and oxygen atoms in total. The SMILES string of the molecule is O=C(NCCC1CC2C=CC1C2)c1cccc(OC2CCN(C(=O)c3ccccc3)CC2)c1. The average Bonchev–Trinajstić information content (AvgIpc) is 3.48. The molecule has 0 spiro atoms. The molecule has 2 aromatic rings. The van der Waals surface area contributed by atoms with Gasteiger partial charge in [-0.25, -0.2) is 0 Å². The predicted molar refractivity (Wildman–Crippen MR) is 128 cm³/mol. The van der Waals surface area contributed by atoms with Crippen LogP contribution in [0, 0.1) is 17.8 Å². The number of allylic oxidation sites excluding steroid dienone is 2. The van der Waals surface area contributed by atoms with Crippen LogP contribution in [0.5, 0.6) is 5.75 Å². The van der Waals surface area contributed by atoms with Gasteiger partial charge in [-0.3, -0.25) is 9.59 Å². The zero-order valence-corrected chi connectivity index (χ0v) is 19.0. The Morgan fingerprint density at radius 3 is 2.45 bits per heavy atom. The van der Waals surface area contributed by atoms with E-state index in [1.165, 1.54) is 12.8 Å². The summed E-state index contributed by atoms with van der Waals surface area (Å²) >= 11 is 0. The Morgan fingerprint density at radius 2 is 1.73 bits per heavy atom. The summed E-state index contributed by atoms with van der Waals surface area (Å²) in [5.41, 5.74) is 1.37. The number of hydrogen-bond acceptors (Lipinski definition) is 3. The van der Waals surface area contributed by atoms with Crippen molar-refractivity contribution in [2.75, 3.05) is 19.6 Å². The highest BCUT2D eigenvalue weighted by Gasteiger charge is 2.35. The van der Waals surface area contributed by atoms with Crippen molar-refractivity contribution in [1.82, 2.24) is 10.2 Å². The van der Waals surface area contributed by atoms with Gasteiger partial charge in [0, 0.05) is 43.6 Å². The molecule has 1 aliphatic heterocycles. The summed E-state index contributed by atoms with van der Waals surface area (Å²) in [6.45, 7) is 2.08. The number of piperidine rings is 1. The number of nitrogens with zero attached hydrogens (tertiary/aromatic N) is 1. The lowest BCUT2D eigenvalue weighted by Gasteiger charge is -2.32. The Bertz CT molecular complexity index is 1010. The lowest BCUT2D eigenvalue weighted by molar-refractivity contribution is 0.0594. The first kappa shape index (κ1) is 21.7. The highest BCUT2D eigenvalue weighted by molar-refractivity contribution is 5.95. The molecule has 5 rings (SSSR count). The summed E-state index contributed by atoms with van der Waals surface area (Å²) in [5, 5.41) is 3.09. The minimum absolute atomic E-state index is 0.0394. The second-order valence-corrected chi connectivity index (χ2v) is 9.59. The van der Waals surface area contributed by atoms with Crippen LogP contribution >= 0.6 is 0 Å². The van der Waals surface area contributed by atoms with Gasteiger partial charge < -0.3 is 15.0 Å². The lowest BCUT2D eigenvalue weighted by atomic mass is 9.90. The number of rotatable bonds is 7. The van der Waals surface area contributed by atoms with Gasteiger partial charge in [0.2, 0.25) is 0 Å². The minimum Gasteiger partial charge on any atom is -0.490 e. The van der Waals surface area contributed by atoms with Gasteiger partial charge in [-0.1, -0.05) is 36.4 Å². The van der Waals surface area contributed by atoms with Crippen molar-refractivity contribution < 1.29 is 14.3 Å². The molecule has 1 heterocycles. The third kappa shape index (κ3) is 5.13. The van der Waals surface area contributed by atoms with Gasteiger partial charge in [-0.05, 0) is 67.3 Å². The zero-order valence-electron chi connectivity index (χ0n) is 19.0. The maximum atomic E-state index is 12.7. The zero-order chi connectivity index (χ0) is 22.6. The third-order valence-corrected chi connectivity index (χ3v) is 7.37. The van der Waals surface area contributed by atoms with E-state index in [0.29, 0.717) is 24.4 Å². The monoisotopic (exact) mass is 444 g/mol. The van der Waals surface area contributed by atoms with Gasteiger partial charge in [-0.2, -0.15) is 0 Å². The first-order valence-electron chi connectivity index (χ1n) is 12.2. The molecule has 2 aromatic carbocycles. The number of ether oxygens (including phenoxy) is 1. The normalized spacial score (nSPS) is 24.1. The van der Waals surface area contributed by atoms with E-state index in [0.717, 1.165) is 49.1 Å². The number of carbonyl (C=O) groups is 2. The number of nitrogens with one attached hydrogen (secondary N) is 1. The Labute approximate surface area is 195 Å². The fraction of sp³-hybridized carbons (Fsp3) is 0.429. The fourth-order valence-electron chi connectivity index (χ4n) is 5.54. The molecule has 3 atom stereocenters. The molecule has 5 heteroatoms. The van der Waals surface area contributed by atoms with Crippen molar-refractivity contribution in [3.8, 4) is 5.75 Å². The molecule has 2 fully saturated rings. The number of benzene rings is 2. The van der Waals surface area contributed by atoms with Crippen LogP contribution in [-0.4, -0.2) is 42.5 Å². The van der Waals surface area contributed by atoms with Crippen molar-refractivity contribution in [3.05, 3.63) is 77.9 Å². The van der Waals surface area contributed by atoms with Crippen molar-refractivity contribution in [2.45, 2.75) is 38.2 Å². The molecule has 0 radical (unpaired) electrons. The van der Waals surface area contributed by atoms with Gasteiger partial charge in [0.25, 0.3) is 11.8 Å². The van der Waals surface area contributed by atoms with Crippen LogP contribution in [-0.2, 0) is 0 Å². The van der Waals surface area contributed by atoms with Crippen LogP contribution in [0.4, 0.5) is 0 Å². The van der Waals surface area contributed by atoms with Crippen molar-refractivity contribution in [1.29, 1.82) is 0 Å². The van der Waals surface area contributed by atoms with Crippen LogP contribution in [0.25, 0.3) is 0 Å². The Morgan fingerprint density at radius 1 is 0.939 bits per heavy atom. The molecular formula is C28H32N2O3. The summed E-state index contributed by atoms with van der Waals surface area (Å²) in [5.74, 6) is 2.96. The van der Waals surface area contributed by atoms with E-state index in [9.17, 15) is 9.59 Å². The topological polar surface area (TPSA) is 58.6 Å². The Kier molecular flexibility index (Phi) is 6.47. The molecule has 2 bridgehead atoms. The molecule has 172 valence electrons. The number of fused-ring (bicyclic) bond motifs is 2. The second-order valence-electron chi connectivity index (χ2n) is 9.59. The summed E-state index contributed by atoms with van der Waals surface area (Å²) < 4.78 is 6.17. The molecule has 1 saturated heterocycles. The van der Waals surface area contributed by atoms with Crippen LogP contribution in [0.1, 0.15) is 52.8 Å². The van der Waals surface area contributed by atoms with Crippen molar-refractivity contribution in [3.63, 3.8) is 0 Å². The molecule has 2 aliphatic carbocycles. The average molecular weight is 445 g/mol. The van der Waals surface area contributed by atoms with Crippen molar-refractivity contribution in [2.24, 2.45) is 17.8 Å². The number of likely N-dealkylation sites (tertiary alicyclic amines) is 1. The summed E-state index contributed by atoms with van der Waals surface area (Å²) in [4.78, 5) is 27.2. The van der Waals surface area contributed by atoms with Crippen LogP contribution < -0.4 is 10.1 Å². The van der Waals surface area contributed by atoms with Crippen LogP contribution in [0.2, 0.25) is 0 Å². The molecule has 1 saturated carbocycles. The van der Waals surface area contributed by atoms with Crippen LogP contribution in [0.15, 0.2) is 66.7 Å². The van der Waals surface area contributed by atoms with E-state index in [1.807, 2.05) is 59.5 Å². The van der Waals surface area contributed by atoms with Crippen LogP contribution in [0.3, 0.4) is 0 Å². The highest BCUT2D eigenvalue weighted by Crippen LogP contribution is 2.44.